The number of amides is 1. The summed E-state index contributed by atoms with van der Waals surface area (Å²) in [5, 5.41) is 20.3. The SMILES string of the molecule is CC(NC(=O)OC(C)(C)C)c1nnc(C(=O)[O-])s1.[Na+]. The number of carbonyl (C=O) groups is 2. The Kier molecular flexibility index (Phi) is 6.92. The molecule has 0 saturated heterocycles. The molecule has 0 bridgehead atoms. The van der Waals surface area contributed by atoms with Crippen LogP contribution in [0.1, 0.15) is 48.5 Å². The number of aromatic nitrogens is 2. The van der Waals surface area contributed by atoms with Crippen molar-refractivity contribution in [1.29, 1.82) is 0 Å². The molecule has 1 atom stereocenters. The molecule has 1 aromatic heterocycles. The van der Waals surface area contributed by atoms with Gasteiger partial charge in [-0.2, -0.15) is 0 Å². The van der Waals surface area contributed by atoms with Crippen molar-refractivity contribution >= 4 is 23.4 Å². The first-order chi connectivity index (χ1) is 8.19. The molecule has 1 heterocycles. The molecule has 0 aliphatic heterocycles. The van der Waals surface area contributed by atoms with Crippen molar-refractivity contribution in [3.63, 3.8) is 0 Å². The molecule has 0 spiro atoms. The zero-order valence-corrected chi connectivity index (χ0v) is 14.3. The van der Waals surface area contributed by atoms with E-state index in [9.17, 15) is 14.7 Å². The van der Waals surface area contributed by atoms with Crippen molar-refractivity contribution in [1.82, 2.24) is 15.5 Å². The average Bonchev–Trinajstić information content (AvgIpc) is 2.62. The van der Waals surface area contributed by atoms with E-state index in [-0.39, 0.29) is 34.6 Å². The molecular formula is C10H14N3NaO4S. The molecular weight excluding hydrogens is 281 g/mol. The van der Waals surface area contributed by atoms with Crippen LogP contribution in [0.25, 0.3) is 0 Å². The topological polar surface area (TPSA) is 104 Å². The fourth-order valence-electron chi connectivity index (χ4n) is 1.04. The summed E-state index contributed by atoms with van der Waals surface area (Å²) >= 11 is 0.855. The van der Waals surface area contributed by atoms with E-state index >= 15 is 0 Å². The van der Waals surface area contributed by atoms with E-state index < -0.39 is 23.7 Å². The average molecular weight is 295 g/mol. The Morgan fingerprint density at radius 2 is 1.95 bits per heavy atom. The third-order valence-electron chi connectivity index (χ3n) is 1.72. The Labute approximate surface area is 137 Å². The summed E-state index contributed by atoms with van der Waals surface area (Å²) < 4.78 is 5.06. The first kappa shape index (κ1) is 18.3. The number of hydrogen-bond acceptors (Lipinski definition) is 7. The van der Waals surface area contributed by atoms with Crippen LogP contribution in [-0.4, -0.2) is 27.9 Å². The third kappa shape index (κ3) is 6.33. The quantitative estimate of drug-likeness (QED) is 0.618. The van der Waals surface area contributed by atoms with Crippen LogP contribution in [0.2, 0.25) is 0 Å². The van der Waals surface area contributed by atoms with Crippen LogP contribution in [0, 0.1) is 0 Å². The summed E-state index contributed by atoms with van der Waals surface area (Å²) in [6.07, 6.45) is -0.597. The van der Waals surface area contributed by atoms with Gasteiger partial charge < -0.3 is 20.0 Å². The van der Waals surface area contributed by atoms with Crippen LogP contribution in [0.4, 0.5) is 4.79 Å². The fourth-order valence-corrected chi connectivity index (χ4v) is 1.72. The minimum Gasteiger partial charge on any atom is -0.542 e. The van der Waals surface area contributed by atoms with Crippen molar-refractivity contribution in [2.24, 2.45) is 0 Å². The van der Waals surface area contributed by atoms with Crippen LogP contribution in [0.3, 0.4) is 0 Å². The van der Waals surface area contributed by atoms with E-state index in [1.54, 1.807) is 27.7 Å². The molecule has 0 aliphatic carbocycles. The number of rotatable bonds is 3. The second kappa shape index (κ2) is 7.18. The largest absolute Gasteiger partial charge is 1.00 e. The van der Waals surface area contributed by atoms with Gasteiger partial charge in [-0.1, -0.05) is 11.3 Å². The molecule has 100 valence electrons. The summed E-state index contributed by atoms with van der Waals surface area (Å²) in [6.45, 7) is 6.90. The van der Waals surface area contributed by atoms with Crippen LogP contribution < -0.4 is 40.0 Å². The molecule has 0 saturated carbocycles. The van der Waals surface area contributed by atoms with E-state index in [0.29, 0.717) is 5.01 Å². The monoisotopic (exact) mass is 295 g/mol. The number of aromatic carboxylic acids is 1. The van der Waals surface area contributed by atoms with Crippen LogP contribution in [-0.2, 0) is 4.74 Å². The van der Waals surface area contributed by atoms with E-state index in [1.807, 2.05) is 0 Å². The minimum absolute atomic E-state index is 0. The molecule has 1 N–H and O–H groups in total. The molecule has 0 radical (unpaired) electrons. The second-order valence-electron chi connectivity index (χ2n) is 4.60. The molecule has 0 fully saturated rings. The maximum Gasteiger partial charge on any atom is 1.00 e. The maximum absolute atomic E-state index is 11.5. The van der Waals surface area contributed by atoms with Gasteiger partial charge >= 0.3 is 35.7 Å². The molecule has 1 aromatic rings. The Morgan fingerprint density at radius 3 is 2.37 bits per heavy atom. The van der Waals surface area contributed by atoms with Gasteiger partial charge in [0.05, 0.1) is 6.04 Å². The standard InChI is InChI=1S/C10H15N3O4S.Na/c1-5(11-9(16)17-10(2,3)4)6-12-13-7(18-6)8(14)15;/h5H,1-4H3,(H,11,16)(H,14,15);/q;+1/p-1. The van der Waals surface area contributed by atoms with E-state index in [1.165, 1.54) is 0 Å². The summed E-state index contributed by atoms with van der Waals surface area (Å²) in [5.41, 5.74) is -0.596. The van der Waals surface area contributed by atoms with Gasteiger partial charge in [0.15, 0.2) is 5.01 Å². The van der Waals surface area contributed by atoms with Crippen molar-refractivity contribution in [2.75, 3.05) is 0 Å². The van der Waals surface area contributed by atoms with Gasteiger partial charge in [-0.3, -0.25) is 0 Å². The van der Waals surface area contributed by atoms with E-state index in [2.05, 4.69) is 15.5 Å². The molecule has 1 unspecified atom stereocenters. The normalized spacial score (nSPS) is 12.2. The number of carboxylic acid groups (broad SMARTS) is 1. The van der Waals surface area contributed by atoms with Gasteiger partial charge in [-0.05, 0) is 27.7 Å². The minimum atomic E-state index is -1.39. The van der Waals surface area contributed by atoms with Crippen LogP contribution >= 0.6 is 11.3 Å². The van der Waals surface area contributed by atoms with E-state index in [4.69, 9.17) is 4.74 Å². The number of nitrogens with one attached hydrogen (secondary N) is 1. The first-order valence-electron chi connectivity index (χ1n) is 5.23. The Hall–Kier alpha value is -0.700. The number of alkyl carbamates (subject to hydrolysis) is 1. The van der Waals surface area contributed by atoms with Gasteiger partial charge in [0, 0.05) is 0 Å². The van der Waals surface area contributed by atoms with Gasteiger partial charge in [0.2, 0.25) is 0 Å². The molecule has 1 amide bonds. The van der Waals surface area contributed by atoms with Crippen molar-refractivity contribution in [2.45, 2.75) is 39.3 Å². The molecule has 0 aromatic carbocycles. The summed E-state index contributed by atoms with van der Waals surface area (Å²) in [7, 11) is 0. The molecule has 7 nitrogen and oxygen atoms in total. The van der Waals surface area contributed by atoms with Gasteiger partial charge in [0.1, 0.15) is 16.6 Å². The number of nitrogens with zero attached hydrogens (tertiary/aromatic N) is 2. The van der Waals surface area contributed by atoms with Crippen LogP contribution in [0.5, 0.6) is 0 Å². The zero-order valence-electron chi connectivity index (χ0n) is 11.5. The first-order valence-corrected chi connectivity index (χ1v) is 6.05. The zero-order chi connectivity index (χ0) is 13.9. The fraction of sp³-hybridized carbons (Fsp3) is 0.600. The summed E-state index contributed by atoms with van der Waals surface area (Å²) in [6, 6.07) is -0.481. The maximum atomic E-state index is 11.5. The Balaban J connectivity index is 0.00000324. The molecule has 9 heteroatoms. The van der Waals surface area contributed by atoms with Gasteiger partial charge in [-0.15, -0.1) is 10.2 Å². The molecule has 0 aliphatic rings. The van der Waals surface area contributed by atoms with Crippen LogP contribution in [0.15, 0.2) is 0 Å². The third-order valence-corrected chi connectivity index (χ3v) is 2.80. The molecule has 19 heavy (non-hydrogen) atoms. The number of ether oxygens (including phenoxy) is 1. The second-order valence-corrected chi connectivity index (χ2v) is 5.61. The van der Waals surface area contributed by atoms with Crippen molar-refractivity contribution in [3.8, 4) is 0 Å². The van der Waals surface area contributed by atoms with Gasteiger partial charge in [0.25, 0.3) is 0 Å². The summed E-state index contributed by atoms with van der Waals surface area (Å²) in [4.78, 5) is 22.0. The predicted molar refractivity (Wildman–Crippen MR) is 62.0 cm³/mol. The smallest absolute Gasteiger partial charge is 0.542 e. The number of carbonyl (C=O) groups excluding carboxylic acids is 2. The van der Waals surface area contributed by atoms with E-state index in [0.717, 1.165) is 11.3 Å². The number of hydrogen-bond donors (Lipinski definition) is 1. The molecule has 1 rings (SSSR count). The Morgan fingerprint density at radius 1 is 1.37 bits per heavy atom. The number of carboxylic acids is 1. The van der Waals surface area contributed by atoms with Gasteiger partial charge in [-0.25, -0.2) is 4.79 Å². The predicted octanol–water partition coefficient (Wildman–Crippen LogP) is -2.51. The van der Waals surface area contributed by atoms with Crippen molar-refractivity contribution in [3.05, 3.63) is 10.0 Å². The summed E-state index contributed by atoms with van der Waals surface area (Å²) in [5.74, 6) is -1.39. The Bertz CT molecular complexity index is 458. The van der Waals surface area contributed by atoms with Crippen molar-refractivity contribution < 1.29 is 49.0 Å².